The molecule has 21 heavy (non-hydrogen) atoms. The van der Waals surface area contributed by atoms with Crippen LogP contribution in [0.25, 0.3) is 0 Å². The minimum absolute atomic E-state index is 0.0959. The van der Waals surface area contributed by atoms with Gasteiger partial charge in [-0.2, -0.15) is 0 Å². The molecule has 0 saturated carbocycles. The van der Waals surface area contributed by atoms with Gasteiger partial charge in [0.25, 0.3) is 5.91 Å². The van der Waals surface area contributed by atoms with Crippen molar-refractivity contribution < 1.29 is 4.79 Å². The van der Waals surface area contributed by atoms with E-state index in [4.69, 9.17) is 18.0 Å². The number of hydrogen-bond acceptors (Lipinski definition) is 3. The van der Waals surface area contributed by atoms with Crippen LogP contribution in [0.1, 0.15) is 26.4 Å². The van der Waals surface area contributed by atoms with Gasteiger partial charge in [-0.15, -0.1) is 11.3 Å². The number of thiophene rings is 1. The Bertz CT molecular complexity index is 694. The first-order chi connectivity index (χ1) is 9.90. The van der Waals surface area contributed by atoms with Gasteiger partial charge in [-0.3, -0.25) is 10.2 Å². The summed E-state index contributed by atoms with van der Waals surface area (Å²) >= 11 is 6.59. The van der Waals surface area contributed by atoms with Crippen LogP contribution in [0.3, 0.4) is 0 Å². The van der Waals surface area contributed by atoms with Gasteiger partial charge in [0.15, 0.2) is 5.11 Å². The van der Waals surface area contributed by atoms with Gasteiger partial charge >= 0.3 is 0 Å². The molecule has 1 aromatic carbocycles. The Balaban J connectivity index is 2.27. The summed E-state index contributed by atoms with van der Waals surface area (Å²) in [6.07, 6.45) is 0. The molecule has 0 fully saturated rings. The third-order valence-electron chi connectivity index (χ3n) is 3.22. The number of nitrogens with one attached hydrogen (secondary N) is 1. The van der Waals surface area contributed by atoms with E-state index < -0.39 is 0 Å². The molecule has 0 radical (unpaired) electrons. The Kier molecular flexibility index (Phi) is 4.59. The maximum absolute atomic E-state index is 12.4. The van der Waals surface area contributed by atoms with Crippen LogP contribution in [0.2, 0.25) is 0 Å². The highest BCUT2D eigenvalue weighted by Gasteiger charge is 2.17. The fourth-order valence-electron chi connectivity index (χ4n) is 1.91. The highest BCUT2D eigenvalue weighted by molar-refractivity contribution is 7.80. The third kappa shape index (κ3) is 3.40. The van der Waals surface area contributed by atoms with Crippen LogP contribution in [0.5, 0.6) is 0 Å². The average molecular weight is 319 g/mol. The Morgan fingerprint density at radius 1 is 1.33 bits per heavy atom. The predicted octanol–water partition coefficient (Wildman–Crippen LogP) is 3.07. The van der Waals surface area contributed by atoms with E-state index in [1.807, 2.05) is 50.4 Å². The third-order valence-corrected chi connectivity index (χ3v) is 4.42. The van der Waals surface area contributed by atoms with E-state index in [-0.39, 0.29) is 11.0 Å². The number of rotatable bonds is 2. The number of hydrazine groups is 1. The van der Waals surface area contributed by atoms with Gasteiger partial charge in [-0.05, 0) is 56.2 Å². The predicted molar refractivity (Wildman–Crippen MR) is 91.7 cm³/mol. The van der Waals surface area contributed by atoms with Crippen molar-refractivity contribution >= 4 is 40.3 Å². The summed E-state index contributed by atoms with van der Waals surface area (Å²) in [5.41, 5.74) is 11.9. The van der Waals surface area contributed by atoms with Gasteiger partial charge < -0.3 is 5.73 Å². The molecule has 1 aromatic heterocycles. The fourth-order valence-corrected chi connectivity index (χ4v) is 2.93. The van der Waals surface area contributed by atoms with Crippen molar-refractivity contribution in [1.82, 2.24) is 5.43 Å². The normalized spacial score (nSPS) is 10.2. The molecule has 1 heterocycles. The number of amides is 1. The molecule has 0 aliphatic rings. The first-order valence-corrected chi connectivity index (χ1v) is 7.71. The second kappa shape index (κ2) is 6.24. The average Bonchev–Trinajstić information content (AvgIpc) is 2.76. The lowest BCUT2D eigenvalue weighted by Crippen LogP contribution is -2.49. The SMILES string of the molecule is Cc1cccc(N(NC(=O)c2csc(C)c2C)C(N)=S)c1. The molecule has 3 N–H and O–H groups in total. The number of nitrogens with zero attached hydrogens (tertiary/aromatic N) is 1. The maximum atomic E-state index is 12.4. The van der Waals surface area contributed by atoms with Crippen LogP contribution >= 0.6 is 23.6 Å². The minimum Gasteiger partial charge on any atom is -0.374 e. The van der Waals surface area contributed by atoms with Crippen molar-refractivity contribution in [2.45, 2.75) is 20.8 Å². The molecule has 0 bridgehead atoms. The Hall–Kier alpha value is -1.92. The molecule has 110 valence electrons. The summed E-state index contributed by atoms with van der Waals surface area (Å²) < 4.78 is 0. The fraction of sp³-hybridized carbons (Fsp3) is 0.200. The molecular weight excluding hydrogens is 302 g/mol. The van der Waals surface area contributed by atoms with Crippen LogP contribution in [0.4, 0.5) is 5.69 Å². The van der Waals surface area contributed by atoms with Crippen molar-refractivity contribution in [3.05, 3.63) is 51.2 Å². The summed E-state index contributed by atoms with van der Waals surface area (Å²) in [5, 5.41) is 3.36. The zero-order valence-corrected chi connectivity index (χ0v) is 13.8. The Labute approximate surface area is 133 Å². The standard InChI is InChI=1S/C15H17N3OS2/c1-9-5-4-6-12(7-9)18(15(16)20)17-14(19)13-8-21-11(3)10(13)2/h4-8H,1-3H3,(H2,16,20)(H,17,19). The molecule has 0 spiro atoms. The number of carbonyl (C=O) groups excluding carboxylic acids is 1. The van der Waals surface area contributed by atoms with Crippen LogP contribution in [-0.4, -0.2) is 11.0 Å². The molecule has 1 amide bonds. The lowest BCUT2D eigenvalue weighted by molar-refractivity contribution is 0.0955. The summed E-state index contributed by atoms with van der Waals surface area (Å²) in [6.45, 7) is 5.89. The number of aryl methyl sites for hydroxylation is 2. The first-order valence-electron chi connectivity index (χ1n) is 6.42. The number of hydrogen-bond donors (Lipinski definition) is 2. The molecule has 0 saturated heterocycles. The Morgan fingerprint density at radius 3 is 2.57 bits per heavy atom. The van der Waals surface area contributed by atoms with Crippen LogP contribution in [0.15, 0.2) is 29.6 Å². The second-order valence-electron chi connectivity index (χ2n) is 4.78. The van der Waals surface area contributed by atoms with E-state index in [2.05, 4.69) is 5.43 Å². The van der Waals surface area contributed by atoms with Crippen molar-refractivity contribution in [3.8, 4) is 0 Å². The number of anilines is 1. The topological polar surface area (TPSA) is 58.4 Å². The van der Waals surface area contributed by atoms with Crippen LogP contribution in [0, 0.1) is 20.8 Å². The van der Waals surface area contributed by atoms with Crippen LogP contribution in [-0.2, 0) is 0 Å². The zero-order chi connectivity index (χ0) is 15.6. The highest BCUT2D eigenvalue weighted by atomic mass is 32.1. The molecule has 0 aliphatic carbocycles. The number of benzene rings is 1. The smallest absolute Gasteiger partial charge is 0.271 e. The quantitative estimate of drug-likeness (QED) is 0.660. The first kappa shape index (κ1) is 15.5. The van der Waals surface area contributed by atoms with Gasteiger partial charge in [0.2, 0.25) is 0 Å². The summed E-state index contributed by atoms with van der Waals surface area (Å²) in [5.74, 6) is -0.217. The lowest BCUT2D eigenvalue weighted by atomic mass is 10.2. The molecule has 2 rings (SSSR count). The van der Waals surface area contributed by atoms with E-state index in [9.17, 15) is 4.79 Å². The molecule has 6 heteroatoms. The van der Waals surface area contributed by atoms with E-state index in [0.29, 0.717) is 5.56 Å². The molecule has 0 unspecified atom stereocenters. The Morgan fingerprint density at radius 2 is 2.05 bits per heavy atom. The minimum atomic E-state index is -0.217. The highest BCUT2D eigenvalue weighted by Crippen LogP contribution is 2.21. The van der Waals surface area contributed by atoms with Crippen molar-refractivity contribution in [3.63, 3.8) is 0 Å². The van der Waals surface area contributed by atoms with Crippen LogP contribution < -0.4 is 16.2 Å². The summed E-state index contributed by atoms with van der Waals surface area (Å²) in [6, 6.07) is 7.61. The van der Waals surface area contributed by atoms with E-state index >= 15 is 0 Å². The molecule has 0 atom stereocenters. The largest absolute Gasteiger partial charge is 0.374 e. The van der Waals surface area contributed by atoms with Crippen molar-refractivity contribution in [1.29, 1.82) is 0 Å². The van der Waals surface area contributed by atoms with Gasteiger partial charge in [0.05, 0.1) is 11.3 Å². The van der Waals surface area contributed by atoms with Gasteiger partial charge in [0.1, 0.15) is 0 Å². The molecule has 2 aromatic rings. The number of nitrogens with two attached hydrogens (primary N) is 1. The summed E-state index contributed by atoms with van der Waals surface area (Å²) in [7, 11) is 0. The zero-order valence-electron chi connectivity index (χ0n) is 12.1. The van der Waals surface area contributed by atoms with Gasteiger partial charge in [-0.1, -0.05) is 12.1 Å². The molecular formula is C15H17N3OS2. The van der Waals surface area contributed by atoms with E-state index in [0.717, 1.165) is 21.7 Å². The number of thiocarbonyl (C=S) groups is 1. The molecule has 0 aliphatic heterocycles. The van der Waals surface area contributed by atoms with Crippen molar-refractivity contribution in [2.75, 3.05) is 5.01 Å². The monoisotopic (exact) mass is 319 g/mol. The maximum Gasteiger partial charge on any atom is 0.271 e. The number of carbonyl (C=O) groups is 1. The molecule has 4 nitrogen and oxygen atoms in total. The van der Waals surface area contributed by atoms with E-state index in [1.54, 1.807) is 11.3 Å². The summed E-state index contributed by atoms with van der Waals surface area (Å²) in [4.78, 5) is 13.5. The van der Waals surface area contributed by atoms with E-state index in [1.165, 1.54) is 5.01 Å². The lowest BCUT2D eigenvalue weighted by Gasteiger charge is -2.23. The second-order valence-corrected chi connectivity index (χ2v) is 6.29. The van der Waals surface area contributed by atoms with Crippen molar-refractivity contribution in [2.24, 2.45) is 5.73 Å². The van der Waals surface area contributed by atoms with Gasteiger partial charge in [0, 0.05) is 10.3 Å². The van der Waals surface area contributed by atoms with Gasteiger partial charge in [-0.25, -0.2) is 5.01 Å².